The number of pyridine rings is 1. The van der Waals surface area contributed by atoms with Gasteiger partial charge in [0.05, 0.1) is 11.3 Å². The van der Waals surface area contributed by atoms with Gasteiger partial charge in [0, 0.05) is 6.20 Å². The SMILES string of the molecule is CC(=O)/C=C/c1ncccc1C(F)(F)F. The maximum absolute atomic E-state index is 12.4. The first-order valence-corrected chi connectivity index (χ1v) is 4.12. The number of aromatic nitrogens is 1. The Kier molecular flexibility index (Phi) is 3.24. The van der Waals surface area contributed by atoms with Gasteiger partial charge in [-0.25, -0.2) is 0 Å². The molecule has 0 aliphatic rings. The van der Waals surface area contributed by atoms with E-state index in [2.05, 4.69) is 4.98 Å². The van der Waals surface area contributed by atoms with Gasteiger partial charge in [-0.1, -0.05) is 0 Å². The highest BCUT2D eigenvalue weighted by Crippen LogP contribution is 2.31. The third kappa shape index (κ3) is 3.19. The molecule has 0 bridgehead atoms. The van der Waals surface area contributed by atoms with Crippen molar-refractivity contribution in [1.29, 1.82) is 0 Å². The molecular weight excluding hydrogens is 207 g/mol. The summed E-state index contributed by atoms with van der Waals surface area (Å²) >= 11 is 0. The van der Waals surface area contributed by atoms with Crippen LogP contribution >= 0.6 is 0 Å². The van der Waals surface area contributed by atoms with Gasteiger partial charge in [0.2, 0.25) is 0 Å². The third-order valence-corrected chi connectivity index (χ3v) is 1.62. The molecule has 0 amide bonds. The van der Waals surface area contributed by atoms with Crippen LogP contribution in [0.15, 0.2) is 24.4 Å². The molecule has 1 heterocycles. The molecule has 0 saturated heterocycles. The lowest BCUT2D eigenvalue weighted by atomic mass is 10.1. The summed E-state index contributed by atoms with van der Waals surface area (Å²) in [6.07, 6.45) is -1.09. The number of hydrogen-bond acceptors (Lipinski definition) is 2. The predicted molar refractivity (Wildman–Crippen MR) is 49.0 cm³/mol. The normalized spacial score (nSPS) is 12.0. The van der Waals surface area contributed by atoms with Crippen molar-refractivity contribution in [3.63, 3.8) is 0 Å². The fraction of sp³-hybridized carbons (Fsp3) is 0.200. The monoisotopic (exact) mass is 215 g/mol. The Bertz CT molecular complexity index is 396. The zero-order valence-electron chi connectivity index (χ0n) is 7.88. The van der Waals surface area contributed by atoms with Gasteiger partial charge < -0.3 is 0 Å². The first-order valence-electron chi connectivity index (χ1n) is 4.12. The second kappa shape index (κ2) is 4.25. The Morgan fingerprint density at radius 2 is 2.13 bits per heavy atom. The second-order valence-electron chi connectivity index (χ2n) is 2.88. The van der Waals surface area contributed by atoms with Crippen LogP contribution in [-0.4, -0.2) is 10.8 Å². The largest absolute Gasteiger partial charge is 0.418 e. The molecule has 5 heteroatoms. The number of carbonyl (C=O) groups excluding carboxylic acids is 1. The van der Waals surface area contributed by atoms with Crippen molar-refractivity contribution in [3.05, 3.63) is 35.7 Å². The molecular formula is C10H8F3NO. The van der Waals surface area contributed by atoms with E-state index in [4.69, 9.17) is 0 Å². The number of ketones is 1. The minimum absolute atomic E-state index is 0.250. The first-order chi connectivity index (χ1) is 6.91. The summed E-state index contributed by atoms with van der Waals surface area (Å²) < 4.78 is 37.2. The van der Waals surface area contributed by atoms with Crippen molar-refractivity contribution in [2.24, 2.45) is 0 Å². The van der Waals surface area contributed by atoms with Crippen LogP contribution in [0.4, 0.5) is 13.2 Å². The summed E-state index contributed by atoms with van der Waals surface area (Å²) in [6.45, 7) is 1.26. The van der Waals surface area contributed by atoms with Crippen LogP contribution < -0.4 is 0 Å². The Morgan fingerprint density at radius 3 is 2.67 bits per heavy atom. The minimum atomic E-state index is -4.45. The number of carbonyl (C=O) groups is 1. The molecule has 0 aliphatic heterocycles. The second-order valence-corrected chi connectivity index (χ2v) is 2.88. The van der Waals surface area contributed by atoms with Gasteiger partial charge in [0.1, 0.15) is 0 Å². The molecule has 0 N–H and O–H groups in total. The van der Waals surface area contributed by atoms with E-state index in [1.165, 1.54) is 19.2 Å². The molecule has 0 fully saturated rings. The van der Waals surface area contributed by atoms with Gasteiger partial charge in [-0.3, -0.25) is 9.78 Å². The maximum atomic E-state index is 12.4. The Hall–Kier alpha value is -1.65. The molecule has 0 saturated carbocycles. The fourth-order valence-corrected chi connectivity index (χ4v) is 0.986. The highest BCUT2D eigenvalue weighted by Gasteiger charge is 2.33. The van der Waals surface area contributed by atoms with E-state index in [1.54, 1.807) is 0 Å². The van der Waals surface area contributed by atoms with Gasteiger partial charge >= 0.3 is 6.18 Å². The average molecular weight is 215 g/mol. The van der Waals surface area contributed by atoms with Crippen molar-refractivity contribution in [1.82, 2.24) is 4.98 Å². The molecule has 0 spiro atoms. The predicted octanol–water partition coefficient (Wildman–Crippen LogP) is 2.70. The summed E-state index contributed by atoms with van der Waals surface area (Å²) in [4.78, 5) is 14.1. The zero-order valence-corrected chi connectivity index (χ0v) is 7.88. The van der Waals surface area contributed by atoms with E-state index in [9.17, 15) is 18.0 Å². The van der Waals surface area contributed by atoms with Gasteiger partial charge in [0.15, 0.2) is 5.78 Å². The van der Waals surface area contributed by atoms with Crippen molar-refractivity contribution in [2.45, 2.75) is 13.1 Å². The van der Waals surface area contributed by atoms with Gasteiger partial charge in [-0.15, -0.1) is 0 Å². The third-order valence-electron chi connectivity index (χ3n) is 1.62. The molecule has 1 aromatic heterocycles. The molecule has 0 aromatic carbocycles. The van der Waals surface area contributed by atoms with Crippen LogP contribution in [0.5, 0.6) is 0 Å². The van der Waals surface area contributed by atoms with Crippen LogP contribution in [-0.2, 0) is 11.0 Å². The molecule has 15 heavy (non-hydrogen) atoms. The smallest absolute Gasteiger partial charge is 0.295 e. The summed E-state index contributed by atoms with van der Waals surface area (Å²) in [5.41, 5.74) is -1.09. The van der Waals surface area contributed by atoms with Gasteiger partial charge in [-0.2, -0.15) is 13.2 Å². The van der Waals surface area contributed by atoms with E-state index in [1.807, 2.05) is 0 Å². The first kappa shape index (κ1) is 11.4. The number of nitrogens with zero attached hydrogens (tertiary/aromatic N) is 1. The summed E-state index contributed by atoms with van der Waals surface area (Å²) in [7, 11) is 0. The zero-order chi connectivity index (χ0) is 11.5. The Balaban J connectivity index is 3.13. The van der Waals surface area contributed by atoms with Gasteiger partial charge in [0.25, 0.3) is 0 Å². The lowest BCUT2D eigenvalue weighted by Crippen LogP contribution is -2.08. The molecule has 0 atom stereocenters. The Labute approximate surface area is 84.4 Å². The van der Waals surface area contributed by atoms with Crippen LogP contribution in [0.2, 0.25) is 0 Å². The van der Waals surface area contributed by atoms with Crippen molar-refractivity contribution in [3.8, 4) is 0 Å². The number of hydrogen-bond donors (Lipinski definition) is 0. The maximum Gasteiger partial charge on any atom is 0.418 e. The highest BCUT2D eigenvalue weighted by atomic mass is 19.4. The summed E-state index contributed by atoms with van der Waals surface area (Å²) in [6, 6.07) is 2.13. The van der Waals surface area contributed by atoms with Crippen LogP contribution in [0.3, 0.4) is 0 Å². The van der Waals surface area contributed by atoms with E-state index >= 15 is 0 Å². The van der Waals surface area contributed by atoms with Crippen molar-refractivity contribution in [2.75, 3.05) is 0 Å². The molecule has 0 radical (unpaired) electrons. The summed E-state index contributed by atoms with van der Waals surface area (Å²) in [5.74, 6) is -0.325. The average Bonchev–Trinajstić information content (AvgIpc) is 2.13. The number of allylic oxidation sites excluding steroid dienone is 1. The molecule has 1 rings (SSSR count). The lowest BCUT2D eigenvalue weighted by Gasteiger charge is -2.08. The number of halogens is 3. The van der Waals surface area contributed by atoms with E-state index in [-0.39, 0.29) is 11.5 Å². The molecule has 2 nitrogen and oxygen atoms in total. The quantitative estimate of drug-likeness (QED) is 0.710. The van der Waals surface area contributed by atoms with E-state index in [0.29, 0.717) is 0 Å². The topological polar surface area (TPSA) is 30.0 Å². The number of alkyl halides is 3. The molecule has 80 valence electrons. The molecule has 1 aromatic rings. The van der Waals surface area contributed by atoms with Crippen molar-refractivity contribution >= 4 is 11.9 Å². The number of rotatable bonds is 2. The van der Waals surface area contributed by atoms with Crippen molar-refractivity contribution < 1.29 is 18.0 Å². The lowest BCUT2D eigenvalue weighted by molar-refractivity contribution is -0.138. The minimum Gasteiger partial charge on any atom is -0.295 e. The van der Waals surface area contributed by atoms with E-state index < -0.39 is 11.7 Å². The Morgan fingerprint density at radius 1 is 1.47 bits per heavy atom. The molecule has 0 aliphatic carbocycles. The highest BCUT2D eigenvalue weighted by molar-refractivity contribution is 5.91. The van der Waals surface area contributed by atoms with E-state index in [0.717, 1.165) is 18.2 Å². The van der Waals surface area contributed by atoms with Crippen LogP contribution in [0, 0.1) is 0 Å². The van der Waals surface area contributed by atoms with Crippen LogP contribution in [0.1, 0.15) is 18.2 Å². The van der Waals surface area contributed by atoms with Crippen LogP contribution in [0.25, 0.3) is 6.08 Å². The summed E-state index contributed by atoms with van der Waals surface area (Å²) in [5, 5.41) is 0. The molecule has 0 unspecified atom stereocenters. The standard InChI is InChI=1S/C10H8F3NO/c1-7(15)4-5-9-8(10(11,12)13)3-2-6-14-9/h2-6H,1H3/b5-4+. The fourth-order valence-electron chi connectivity index (χ4n) is 0.986. The van der Waals surface area contributed by atoms with Gasteiger partial charge in [-0.05, 0) is 31.2 Å².